The van der Waals surface area contributed by atoms with Gasteiger partial charge in [-0.2, -0.15) is 0 Å². The van der Waals surface area contributed by atoms with E-state index in [9.17, 15) is 0 Å². The Kier molecular flexibility index (Phi) is 3.10. The Morgan fingerprint density at radius 2 is 1.95 bits per heavy atom. The molecule has 5 nitrogen and oxygen atoms in total. The molecule has 2 fully saturated rings. The van der Waals surface area contributed by atoms with Crippen LogP contribution in [-0.4, -0.2) is 20.2 Å². The van der Waals surface area contributed by atoms with Gasteiger partial charge in [-0.1, -0.05) is 11.6 Å². The van der Waals surface area contributed by atoms with Gasteiger partial charge in [-0.25, -0.2) is 4.68 Å². The van der Waals surface area contributed by atoms with Gasteiger partial charge in [0.15, 0.2) is 5.82 Å². The van der Waals surface area contributed by atoms with Gasteiger partial charge in [-0.3, -0.25) is 0 Å². The van der Waals surface area contributed by atoms with Crippen LogP contribution in [0.25, 0.3) is 11.4 Å². The Bertz CT molecular complexity index is 648. The topological polar surface area (TPSA) is 69.6 Å². The molecule has 2 aliphatic rings. The van der Waals surface area contributed by atoms with E-state index < -0.39 is 0 Å². The van der Waals surface area contributed by atoms with E-state index in [0.717, 1.165) is 35.7 Å². The summed E-state index contributed by atoms with van der Waals surface area (Å²) in [6.07, 6.45) is 5.47. The smallest absolute Gasteiger partial charge is 0.182 e. The summed E-state index contributed by atoms with van der Waals surface area (Å²) in [7, 11) is 0. The fourth-order valence-corrected chi connectivity index (χ4v) is 3.27. The van der Waals surface area contributed by atoms with Crippen molar-refractivity contribution in [2.45, 2.75) is 32.2 Å². The van der Waals surface area contributed by atoms with Crippen LogP contribution in [0.1, 0.15) is 25.7 Å². The highest BCUT2D eigenvalue weighted by Gasteiger charge is 2.41. The molecule has 110 valence electrons. The van der Waals surface area contributed by atoms with E-state index in [0.29, 0.717) is 10.7 Å². The lowest BCUT2D eigenvalue weighted by molar-refractivity contribution is 0.331. The summed E-state index contributed by atoms with van der Waals surface area (Å²) >= 11 is 5.98. The number of hydrogen-bond donors (Lipinski definition) is 1. The molecule has 0 radical (unpaired) electrons. The van der Waals surface area contributed by atoms with Gasteiger partial charge in [0, 0.05) is 12.1 Å². The van der Waals surface area contributed by atoms with Crippen molar-refractivity contribution < 1.29 is 0 Å². The second-order valence-electron chi connectivity index (χ2n) is 6.26. The van der Waals surface area contributed by atoms with E-state index in [-0.39, 0.29) is 0 Å². The minimum atomic E-state index is 0.560. The summed E-state index contributed by atoms with van der Waals surface area (Å²) in [4.78, 5) is 0. The number of tetrazole rings is 1. The average Bonchev–Trinajstić information content (AvgIpc) is 3.39. The van der Waals surface area contributed by atoms with E-state index in [1.165, 1.54) is 25.7 Å². The minimum Gasteiger partial charge on any atom is -0.398 e. The number of nitrogen functional groups attached to an aromatic ring is 1. The van der Waals surface area contributed by atoms with Gasteiger partial charge in [0.1, 0.15) is 0 Å². The largest absolute Gasteiger partial charge is 0.398 e. The number of hydrogen-bond acceptors (Lipinski definition) is 4. The van der Waals surface area contributed by atoms with Crippen LogP contribution >= 0.6 is 11.6 Å². The molecule has 6 heteroatoms. The van der Waals surface area contributed by atoms with Gasteiger partial charge in [0.05, 0.1) is 10.7 Å². The zero-order valence-corrected chi connectivity index (χ0v) is 12.5. The number of rotatable bonds is 5. The summed E-state index contributed by atoms with van der Waals surface area (Å²) < 4.78 is 1.93. The molecule has 2 N–H and O–H groups in total. The lowest BCUT2D eigenvalue weighted by Gasteiger charge is -2.16. The standard InChI is InChI=1S/C15H18ClN5/c16-13-6-5-11(7-14(13)17)15-18-19-20-21(15)8-12(9-1-2-9)10-3-4-10/h5-7,9-10,12H,1-4,8,17H2. The Labute approximate surface area is 128 Å². The molecule has 0 saturated heterocycles. The Balaban J connectivity index is 1.61. The van der Waals surface area contributed by atoms with Crippen molar-refractivity contribution in [3.8, 4) is 11.4 Å². The Morgan fingerprint density at radius 1 is 1.24 bits per heavy atom. The molecular formula is C15H18ClN5. The highest BCUT2D eigenvalue weighted by Crippen LogP contribution is 2.50. The zero-order chi connectivity index (χ0) is 14.4. The quantitative estimate of drug-likeness (QED) is 0.862. The molecule has 4 rings (SSSR count). The molecule has 0 aliphatic heterocycles. The molecule has 0 amide bonds. The van der Waals surface area contributed by atoms with Crippen molar-refractivity contribution in [1.29, 1.82) is 0 Å². The predicted molar refractivity (Wildman–Crippen MR) is 81.6 cm³/mol. The average molecular weight is 304 g/mol. The van der Waals surface area contributed by atoms with E-state index in [2.05, 4.69) is 15.5 Å². The lowest BCUT2D eigenvalue weighted by atomic mass is 9.98. The molecule has 2 saturated carbocycles. The SMILES string of the molecule is Nc1cc(-c2nnnn2CC(C2CC2)C2CC2)ccc1Cl. The predicted octanol–water partition coefficient (Wildman–Crippen LogP) is 3.01. The summed E-state index contributed by atoms with van der Waals surface area (Å²) in [6.45, 7) is 0.917. The number of aromatic nitrogens is 4. The number of nitrogens with two attached hydrogens (primary N) is 1. The molecular weight excluding hydrogens is 286 g/mol. The van der Waals surface area contributed by atoms with Crippen molar-refractivity contribution in [2.24, 2.45) is 17.8 Å². The second-order valence-corrected chi connectivity index (χ2v) is 6.67. The second kappa shape index (κ2) is 4.98. The third-order valence-corrected chi connectivity index (χ3v) is 4.97. The Hall–Kier alpha value is -1.62. The maximum atomic E-state index is 5.98. The maximum Gasteiger partial charge on any atom is 0.182 e. The molecule has 2 aromatic rings. The third kappa shape index (κ3) is 2.62. The van der Waals surface area contributed by atoms with E-state index >= 15 is 0 Å². The summed E-state index contributed by atoms with van der Waals surface area (Å²) in [5, 5.41) is 12.8. The molecule has 2 aliphatic carbocycles. The number of benzene rings is 1. The van der Waals surface area contributed by atoms with Gasteiger partial charge in [0.2, 0.25) is 0 Å². The molecule has 0 spiro atoms. The van der Waals surface area contributed by atoms with Crippen LogP contribution in [0.5, 0.6) is 0 Å². The first-order valence-electron chi connectivity index (χ1n) is 7.54. The van der Waals surface area contributed by atoms with Crippen molar-refractivity contribution in [2.75, 3.05) is 5.73 Å². The van der Waals surface area contributed by atoms with Crippen LogP contribution in [0.3, 0.4) is 0 Å². The van der Waals surface area contributed by atoms with Gasteiger partial charge >= 0.3 is 0 Å². The normalized spacial score (nSPS) is 18.4. The molecule has 0 atom stereocenters. The lowest BCUT2D eigenvalue weighted by Crippen LogP contribution is -2.17. The molecule has 0 bridgehead atoms. The number of nitrogens with zero attached hydrogens (tertiary/aromatic N) is 4. The van der Waals surface area contributed by atoms with Crippen LogP contribution in [0.4, 0.5) is 5.69 Å². The first kappa shape index (κ1) is 13.1. The van der Waals surface area contributed by atoms with Crippen LogP contribution in [0, 0.1) is 17.8 Å². The molecule has 21 heavy (non-hydrogen) atoms. The zero-order valence-electron chi connectivity index (χ0n) is 11.7. The molecule has 1 aromatic carbocycles. The summed E-state index contributed by atoms with van der Waals surface area (Å²) in [5.74, 6) is 3.27. The summed E-state index contributed by atoms with van der Waals surface area (Å²) in [6, 6.07) is 5.56. The Morgan fingerprint density at radius 3 is 2.57 bits per heavy atom. The minimum absolute atomic E-state index is 0.560. The highest BCUT2D eigenvalue weighted by atomic mass is 35.5. The van der Waals surface area contributed by atoms with E-state index in [1.807, 2.05) is 16.8 Å². The van der Waals surface area contributed by atoms with Crippen LogP contribution in [0.15, 0.2) is 18.2 Å². The van der Waals surface area contributed by atoms with Crippen LogP contribution in [0.2, 0.25) is 5.02 Å². The molecule has 0 unspecified atom stereocenters. The van der Waals surface area contributed by atoms with Crippen molar-refractivity contribution in [1.82, 2.24) is 20.2 Å². The fourth-order valence-electron chi connectivity index (χ4n) is 3.15. The van der Waals surface area contributed by atoms with Gasteiger partial charge in [-0.05, 0) is 72.1 Å². The third-order valence-electron chi connectivity index (χ3n) is 4.62. The van der Waals surface area contributed by atoms with Gasteiger partial charge in [-0.15, -0.1) is 5.10 Å². The van der Waals surface area contributed by atoms with Crippen LogP contribution in [-0.2, 0) is 6.54 Å². The van der Waals surface area contributed by atoms with Crippen LogP contribution < -0.4 is 5.73 Å². The van der Waals surface area contributed by atoms with Crippen molar-refractivity contribution in [3.05, 3.63) is 23.2 Å². The monoisotopic (exact) mass is 303 g/mol. The number of anilines is 1. The van der Waals surface area contributed by atoms with Crippen molar-refractivity contribution in [3.63, 3.8) is 0 Å². The van der Waals surface area contributed by atoms with E-state index in [4.69, 9.17) is 17.3 Å². The molecule has 1 heterocycles. The van der Waals surface area contributed by atoms with E-state index in [1.54, 1.807) is 6.07 Å². The first-order chi connectivity index (χ1) is 10.2. The first-order valence-corrected chi connectivity index (χ1v) is 7.92. The highest BCUT2D eigenvalue weighted by molar-refractivity contribution is 6.33. The van der Waals surface area contributed by atoms with Gasteiger partial charge in [0.25, 0.3) is 0 Å². The fraction of sp³-hybridized carbons (Fsp3) is 0.533. The number of halogens is 1. The van der Waals surface area contributed by atoms with Crippen molar-refractivity contribution >= 4 is 17.3 Å². The summed E-state index contributed by atoms with van der Waals surface area (Å²) in [5.41, 5.74) is 7.37. The maximum absolute atomic E-state index is 5.98. The van der Waals surface area contributed by atoms with Gasteiger partial charge < -0.3 is 5.73 Å². The molecule has 1 aromatic heterocycles.